The smallest absolute Gasteiger partial charge is 0.300 e. The first-order valence-electron chi connectivity index (χ1n) is 7.86. The second-order valence-corrected chi connectivity index (χ2v) is 6.24. The quantitative estimate of drug-likeness (QED) is 0.505. The van der Waals surface area contributed by atoms with Crippen LogP contribution < -0.4 is 0 Å². The van der Waals surface area contributed by atoms with Gasteiger partial charge in [-0.05, 0) is 24.5 Å². The van der Waals surface area contributed by atoms with Crippen LogP contribution in [0.3, 0.4) is 0 Å². The molecule has 2 aliphatic heterocycles. The molecule has 100 valence electrons. The van der Waals surface area contributed by atoms with Gasteiger partial charge in [-0.2, -0.15) is 0 Å². The van der Waals surface area contributed by atoms with Crippen LogP contribution in [0.1, 0.15) is 71.6 Å². The lowest BCUT2D eigenvalue weighted by Crippen LogP contribution is -2.45. The Kier molecular flexibility index (Phi) is 4.79. The molecule has 2 saturated heterocycles. The van der Waals surface area contributed by atoms with Gasteiger partial charge in [0.1, 0.15) is 0 Å². The van der Waals surface area contributed by atoms with Gasteiger partial charge in [0.15, 0.2) is 0 Å². The summed E-state index contributed by atoms with van der Waals surface area (Å²) in [6.07, 6.45) is 16.7. The van der Waals surface area contributed by atoms with Gasteiger partial charge in [0.2, 0.25) is 0 Å². The van der Waals surface area contributed by atoms with Crippen molar-refractivity contribution in [3.05, 3.63) is 0 Å². The molecule has 0 spiro atoms. The maximum absolute atomic E-state index is 6.64. The molecule has 0 amide bonds. The average Bonchev–Trinajstić information content (AvgIpc) is 2.38. The zero-order chi connectivity index (χ0) is 13.0. The first-order valence-corrected chi connectivity index (χ1v) is 7.86. The van der Waals surface area contributed by atoms with E-state index in [1.54, 1.807) is 0 Å². The number of terminal acetylenes is 1. The number of fused-ring (bicyclic) bond motifs is 2. The van der Waals surface area contributed by atoms with Gasteiger partial charge in [-0.25, -0.2) is 0 Å². The maximum Gasteiger partial charge on any atom is 0.300 e. The largest absolute Gasteiger partial charge is 0.429 e. The number of rotatable bonds is 5. The van der Waals surface area contributed by atoms with E-state index in [0.29, 0.717) is 6.92 Å². The van der Waals surface area contributed by atoms with Crippen LogP contribution in [-0.4, -0.2) is 12.5 Å². The molecule has 0 radical (unpaired) electrons. The van der Waals surface area contributed by atoms with Crippen molar-refractivity contribution >= 4 is 6.92 Å². The molecule has 0 saturated carbocycles. The highest BCUT2D eigenvalue weighted by Gasteiger charge is 2.44. The first kappa shape index (κ1) is 14.0. The van der Waals surface area contributed by atoms with E-state index in [2.05, 4.69) is 19.8 Å². The summed E-state index contributed by atoms with van der Waals surface area (Å²) in [5.41, 5.74) is -0.0510. The van der Waals surface area contributed by atoms with Crippen molar-refractivity contribution in [2.45, 2.75) is 88.9 Å². The summed E-state index contributed by atoms with van der Waals surface area (Å²) in [6, 6.07) is 0. The molecule has 18 heavy (non-hydrogen) atoms. The molecule has 2 rings (SSSR count). The minimum Gasteiger partial charge on any atom is -0.429 e. The molecule has 0 aromatic heterocycles. The van der Waals surface area contributed by atoms with E-state index in [1.165, 1.54) is 38.5 Å². The minimum atomic E-state index is -0.0510. The Hall–Kier alpha value is -0.415. The molecule has 0 aromatic carbocycles. The predicted octanol–water partition coefficient (Wildman–Crippen LogP) is 4.68. The lowest BCUT2D eigenvalue weighted by atomic mass is 9.37. The molecule has 0 atom stereocenters. The fraction of sp³-hybridized carbons (Fsp3) is 0.875. The third-order valence-corrected chi connectivity index (χ3v) is 5.33. The standard InChI is InChI=1S/C16H27BO/c1-4-13-16(5-2,6-3)18-17-14-9-7-10-15(17)12-8-11-14/h1,14-15H,5-13H2,2-3H3. The lowest BCUT2D eigenvalue weighted by molar-refractivity contribution is 0.0511. The van der Waals surface area contributed by atoms with E-state index in [-0.39, 0.29) is 5.60 Å². The van der Waals surface area contributed by atoms with Crippen molar-refractivity contribution in [2.75, 3.05) is 0 Å². The summed E-state index contributed by atoms with van der Waals surface area (Å²) in [6.45, 7) is 4.94. The Morgan fingerprint density at radius 1 is 1.11 bits per heavy atom. The molecule has 2 aliphatic rings. The van der Waals surface area contributed by atoms with Crippen LogP contribution in [0.2, 0.25) is 11.6 Å². The molecular formula is C16H27BO. The van der Waals surface area contributed by atoms with Crippen LogP contribution in [0.25, 0.3) is 0 Å². The van der Waals surface area contributed by atoms with Crippen LogP contribution in [0.4, 0.5) is 0 Å². The number of hydrogen-bond acceptors (Lipinski definition) is 1. The average molecular weight is 246 g/mol. The van der Waals surface area contributed by atoms with Gasteiger partial charge in [0, 0.05) is 6.42 Å². The normalized spacial score (nSPS) is 27.9. The Morgan fingerprint density at radius 2 is 1.61 bits per heavy atom. The summed E-state index contributed by atoms with van der Waals surface area (Å²) in [5.74, 6) is 4.47. The van der Waals surface area contributed by atoms with Gasteiger partial charge in [0.05, 0.1) is 5.60 Å². The molecule has 1 nitrogen and oxygen atoms in total. The zero-order valence-electron chi connectivity index (χ0n) is 12.1. The fourth-order valence-electron chi connectivity index (χ4n) is 3.99. The fourth-order valence-corrected chi connectivity index (χ4v) is 3.99. The van der Waals surface area contributed by atoms with Crippen molar-refractivity contribution in [1.82, 2.24) is 0 Å². The van der Waals surface area contributed by atoms with E-state index in [4.69, 9.17) is 11.1 Å². The summed E-state index contributed by atoms with van der Waals surface area (Å²) in [7, 11) is 0. The molecule has 0 unspecified atom stereocenters. The van der Waals surface area contributed by atoms with E-state index in [9.17, 15) is 0 Å². The summed E-state index contributed by atoms with van der Waals surface area (Å²) in [4.78, 5) is 0. The Balaban J connectivity index is 2.08. The van der Waals surface area contributed by atoms with Crippen molar-refractivity contribution in [1.29, 1.82) is 0 Å². The third-order valence-electron chi connectivity index (χ3n) is 5.33. The second kappa shape index (κ2) is 6.15. The van der Waals surface area contributed by atoms with Gasteiger partial charge < -0.3 is 4.65 Å². The minimum absolute atomic E-state index is 0.0510. The molecule has 2 heteroatoms. The van der Waals surface area contributed by atoms with Crippen molar-refractivity contribution in [3.8, 4) is 12.3 Å². The van der Waals surface area contributed by atoms with Crippen molar-refractivity contribution in [2.24, 2.45) is 0 Å². The second-order valence-electron chi connectivity index (χ2n) is 6.24. The molecule has 2 fully saturated rings. The SMILES string of the molecule is C#CCC(CC)(CC)OB1C2CCCC1CCC2. The van der Waals surface area contributed by atoms with Crippen LogP contribution in [-0.2, 0) is 4.65 Å². The lowest BCUT2D eigenvalue weighted by Gasteiger charge is -2.44. The van der Waals surface area contributed by atoms with Gasteiger partial charge in [-0.3, -0.25) is 0 Å². The zero-order valence-corrected chi connectivity index (χ0v) is 12.1. The number of hydrogen-bond donors (Lipinski definition) is 0. The van der Waals surface area contributed by atoms with Crippen molar-refractivity contribution in [3.63, 3.8) is 0 Å². The van der Waals surface area contributed by atoms with E-state index < -0.39 is 0 Å². The van der Waals surface area contributed by atoms with Crippen LogP contribution in [0.15, 0.2) is 0 Å². The van der Waals surface area contributed by atoms with Crippen LogP contribution in [0.5, 0.6) is 0 Å². The van der Waals surface area contributed by atoms with Gasteiger partial charge in [0.25, 0.3) is 6.92 Å². The first-order chi connectivity index (χ1) is 8.74. The Morgan fingerprint density at radius 3 is 2.00 bits per heavy atom. The summed E-state index contributed by atoms with van der Waals surface area (Å²) < 4.78 is 6.64. The van der Waals surface area contributed by atoms with Crippen molar-refractivity contribution < 1.29 is 4.65 Å². The summed E-state index contributed by atoms with van der Waals surface area (Å²) in [5, 5.41) is 0. The van der Waals surface area contributed by atoms with Gasteiger partial charge >= 0.3 is 0 Å². The highest BCUT2D eigenvalue weighted by Crippen LogP contribution is 2.48. The Labute approximate surface area is 113 Å². The van der Waals surface area contributed by atoms with E-state index in [0.717, 1.165) is 30.9 Å². The molecule has 0 aliphatic carbocycles. The molecule has 2 bridgehead atoms. The van der Waals surface area contributed by atoms with Crippen LogP contribution in [0, 0.1) is 12.3 Å². The topological polar surface area (TPSA) is 9.23 Å². The van der Waals surface area contributed by atoms with Gasteiger partial charge in [-0.1, -0.05) is 52.4 Å². The highest BCUT2D eigenvalue weighted by atomic mass is 16.5. The molecule has 2 heterocycles. The van der Waals surface area contributed by atoms with E-state index in [1.807, 2.05) is 0 Å². The van der Waals surface area contributed by atoms with Gasteiger partial charge in [-0.15, -0.1) is 12.3 Å². The third kappa shape index (κ3) is 2.77. The van der Waals surface area contributed by atoms with E-state index >= 15 is 0 Å². The monoisotopic (exact) mass is 246 g/mol. The molecule has 0 N–H and O–H groups in total. The predicted molar refractivity (Wildman–Crippen MR) is 78.8 cm³/mol. The molecule has 0 aromatic rings. The Bertz CT molecular complexity index is 281. The highest BCUT2D eigenvalue weighted by molar-refractivity contribution is 6.56. The molecular weight excluding hydrogens is 219 g/mol. The maximum atomic E-state index is 6.64. The van der Waals surface area contributed by atoms with Crippen LogP contribution >= 0.6 is 0 Å². The summed E-state index contributed by atoms with van der Waals surface area (Å²) >= 11 is 0.